The Kier molecular flexibility index (Phi) is 4.89. The van der Waals surface area contributed by atoms with Crippen molar-refractivity contribution in [1.29, 1.82) is 0 Å². The van der Waals surface area contributed by atoms with Crippen LogP contribution in [-0.2, 0) is 6.54 Å². The number of hydrogen-bond acceptors (Lipinski definition) is 3. The van der Waals surface area contributed by atoms with Gasteiger partial charge in [-0.1, -0.05) is 25.1 Å². The van der Waals surface area contributed by atoms with Crippen LogP contribution in [0.2, 0.25) is 0 Å². The zero-order valence-electron chi connectivity index (χ0n) is 15.3. The molecule has 2 aliphatic heterocycles. The number of aromatic nitrogens is 1. The van der Waals surface area contributed by atoms with Crippen molar-refractivity contribution in [3.63, 3.8) is 0 Å². The Balaban J connectivity index is 1.30. The summed E-state index contributed by atoms with van der Waals surface area (Å²) in [6, 6.07) is 12.7. The molecule has 1 N–H and O–H groups in total. The molecule has 1 atom stereocenters. The van der Waals surface area contributed by atoms with E-state index in [0.717, 1.165) is 44.7 Å². The number of benzene rings is 1. The fraction of sp³-hybridized carbons (Fsp3) is 0.429. The molecule has 1 saturated heterocycles. The van der Waals surface area contributed by atoms with E-state index < -0.39 is 0 Å². The number of amides is 2. The molecular formula is C21H26N4O. The maximum Gasteiger partial charge on any atom is 0.322 e. The van der Waals surface area contributed by atoms with Gasteiger partial charge in [-0.15, -0.1) is 0 Å². The van der Waals surface area contributed by atoms with Gasteiger partial charge in [-0.05, 0) is 42.2 Å². The number of rotatable bonds is 3. The van der Waals surface area contributed by atoms with E-state index in [1.807, 2.05) is 23.4 Å². The maximum atomic E-state index is 12.8. The highest BCUT2D eigenvalue weighted by Crippen LogP contribution is 2.35. The van der Waals surface area contributed by atoms with Crippen molar-refractivity contribution in [2.45, 2.75) is 38.3 Å². The first-order chi connectivity index (χ1) is 12.7. The Labute approximate surface area is 155 Å². The summed E-state index contributed by atoms with van der Waals surface area (Å²) in [7, 11) is 0. The Bertz CT molecular complexity index is 756. The Morgan fingerprint density at radius 3 is 2.65 bits per heavy atom. The normalized spacial score (nSPS) is 20.8. The number of hydrogen-bond donors (Lipinski definition) is 1. The monoisotopic (exact) mass is 350 g/mol. The van der Waals surface area contributed by atoms with E-state index in [2.05, 4.69) is 52.5 Å². The van der Waals surface area contributed by atoms with Gasteiger partial charge in [-0.25, -0.2) is 4.79 Å². The molecule has 2 amide bonds. The van der Waals surface area contributed by atoms with Gasteiger partial charge in [0.25, 0.3) is 0 Å². The summed E-state index contributed by atoms with van der Waals surface area (Å²) in [5, 5.41) is 3.26. The lowest BCUT2D eigenvalue weighted by Gasteiger charge is -2.33. The van der Waals surface area contributed by atoms with Crippen molar-refractivity contribution in [3.8, 4) is 0 Å². The molecule has 1 aromatic carbocycles. The second-order valence-corrected chi connectivity index (χ2v) is 7.43. The summed E-state index contributed by atoms with van der Waals surface area (Å²) in [6.45, 7) is 5.94. The predicted octanol–water partition coefficient (Wildman–Crippen LogP) is 3.38. The van der Waals surface area contributed by atoms with Crippen LogP contribution in [0.25, 0.3) is 0 Å². The lowest BCUT2D eigenvalue weighted by Crippen LogP contribution is -2.49. The summed E-state index contributed by atoms with van der Waals surface area (Å²) < 4.78 is 0. The zero-order valence-corrected chi connectivity index (χ0v) is 15.3. The van der Waals surface area contributed by atoms with Gasteiger partial charge in [0.15, 0.2) is 0 Å². The average molecular weight is 350 g/mol. The molecule has 5 heteroatoms. The number of nitrogens with one attached hydrogen (secondary N) is 1. The van der Waals surface area contributed by atoms with Gasteiger partial charge in [0.2, 0.25) is 0 Å². The Morgan fingerprint density at radius 1 is 1.15 bits per heavy atom. The molecule has 5 nitrogen and oxygen atoms in total. The molecule has 0 unspecified atom stereocenters. The van der Waals surface area contributed by atoms with Crippen LogP contribution in [0.1, 0.15) is 36.8 Å². The summed E-state index contributed by atoms with van der Waals surface area (Å²) in [6.07, 6.45) is 5.69. The fourth-order valence-electron chi connectivity index (χ4n) is 4.05. The lowest BCUT2D eigenvalue weighted by atomic mass is 10.0. The fourth-order valence-corrected chi connectivity index (χ4v) is 4.05. The van der Waals surface area contributed by atoms with Gasteiger partial charge in [0.1, 0.15) is 0 Å². The molecule has 2 aromatic rings. The van der Waals surface area contributed by atoms with Crippen LogP contribution in [0, 0.1) is 0 Å². The number of anilines is 1. The first-order valence-electron chi connectivity index (χ1n) is 9.49. The first-order valence-corrected chi connectivity index (χ1v) is 9.49. The van der Waals surface area contributed by atoms with E-state index in [1.54, 1.807) is 0 Å². The highest BCUT2D eigenvalue weighted by molar-refractivity contribution is 5.94. The van der Waals surface area contributed by atoms with E-state index in [4.69, 9.17) is 0 Å². The van der Waals surface area contributed by atoms with Gasteiger partial charge >= 0.3 is 6.03 Å². The van der Waals surface area contributed by atoms with Crippen LogP contribution in [0.5, 0.6) is 0 Å². The van der Waals surface area contributed by atoms with Crippen LogP contribution in [-0.4, -0.2) is 41.6 Å². The second-order valence-electron chi connectivity index (χ2n) is 7.43. The van der Waals surface area contributed by atoms with Crippen LogP contribution >= 0.6 is 0 Å². The van der Waals surface area contributed by atoms with Gasteiger partial charge < -0.3 is 5.32 Å². The second kappa shape index (κ2) is 7.46. The molecular weight excluding hydrogens is 324 g/mol. The largest absolute Gasteiger partial charge is 0.335 e. The summed E-state index contributed by atoms with van der Waals surface area (Å²) in [4.78, 5) is 21.2. The number of carbonyl (C=O) groups excluding carboxylic acids is 1. The van der Waals surface area contributed by atoms with Crippen molar-refractivity contribution >= 4 is 11.7 Å². The minimum Gasteiger partial charge on any atom is -0.335 e. The van der Waals surface area contributed by atoms with Gasteiger partial charge in [-0.2, -0.15) is 0 Å². The quantitative estimate of drug-likeness (QED) is 0.923. The number of carbonyl (C=O) groups is 1. The number of likely N-dealkylation sites (tertiary alicyclic amines) is 1. The van der Waals surface area contributed by atoms with Gasteiger partial charge in [0, 0.05) is 56.2 Å². The van der Waals surface area contributed by atoms with Crippen molar-refractivity contribution in [1.82, 2.24) is 15.2 Å². The third kappa shape index (κ3) is 3.58. The number of fused-ring (bicyclic) bond motifs is 1. The SMILES string of the molecule is C[C@H]1CN(C(=O)NC2CCN(Cc3ccncc3)CC2)c2ccccc21. The molecule has 0 bridgehead atoms. The van der Waals surface area contributed by atoms with E-state index in [-0.39, 0.29) is 12.1 Å². The van der Waals surface area contributed by atoms with Crippen LogP contribution in [0.15, 0.2) is 48.8 Å². The number of nitrogens with zero attached hydrogens (tertiary/aromatic N) is 3. The third-order valence-corrected chi connectivity index (χ3v) is 5.53. The molecule has 3 heterocycles. The molecule has 1 fully saturated rings. The third-order valence-electron chi connectivity index (χ3n) is 5.53. The smallest absolute Gasteiger partial charge is 0.322 e. The Morgan fingerprint density at radius 2 is 1.88 bits per heavy atom. The number of pyridine rings is 1. The van der Waals surface area contributed by atoms with Crippen molar-refractivity contribution in [3.05, 3.63) is 59.9 Å². The number of piperidine rings is 1. The molecule has 136 valence electrons. The lowest BCUT2D eigenvalue weighted by molar-refractivity contribution is 0.188. The van der Waals surface area contributed by atoms with E-state index in [1.165, 1.54) is 11.1 Å². The molecule has 2 aliphatic rings. The molecule has 0 spiro atoms. The summed E-state index contributed by atoms with van der Waals surface area (Å²) in [5.41, 5.74) is 3.63. The van der Waals surface area contributed by atoms with Crippen LogP contribution in [0.3, 0.4) is 0 Å². The van der Waals surface area contributed by atoms with Gasteiger partial charge in [-0.3, -0.25) is 14.8 Å². The van der Waals surface area contributed by atoms with E-state index in [9.17, 15) is 4.79 Å². The Hall–Kier alpha value is -2.40. The predicted molar refractivity (Wildman–Crippen MR) is 103 cm³/mol. The molecule has 0 saturated carbocycles. The average Bonchev–Trinajstić information content (AvgIpc) is 3.01. The molecule has 0 radical (unpaired) electrons. The van der Waals surface area contributed by atoms with Crippen molar-refractivity contribution in [2.24, 2.45) is 0 Å². The first kappa shape index (κ1) is 17.0. The van der Waals surface area contributed by atoms with Crippen LogP contribution in [0.4, 0.5) is 10.5 Å². The summed E-state index contributed by atoms with van der Waals surface area (Å²) in [5.74, 6) is 0.402. The minimum atomic E-state index is 0.0504. The standard InChI is InChI=1S/C21H26N4O/c1-16-14-25(20-5-3-2-4-19(16)20)21(26)23-18-8-12-24(13-9-18)15-17-6-10-22-11-7-17/h2-7,10-11,16,18H,8-9,12-15H2,1H3,(H,23,26)/t16-/m0/s1. The number of para-hydroxylation sites is 1. The van der Waals surface area contributed by atoms with Gasteiger partial charge in [0.05, 0.1) is 0 Å². The van der Waals surface area contributed by atoms with Crippen molar-refractivity contribution < 1.29 is 4.79 Å². The van der Waals surface area contributed by atoms with E-state index >= 15 is 0 Å². The minimum absolute atomic E-state index is 0.0504. The highest BCUT2D eigenvalue weighted by atomic mass is 16.2. The summed E-state index contributed by atoms with van der Waals surface area (Å²) >= 11 is 0. The topological polar surface area (TPSA) is 48.5 Å². The zero-order chi connectivity index (χ0) is 17.9. The van der Waals surface area contributed by atoms with Crippen LogP contribution < -0.4 is 10.2 Å². The number of urea groups is 1. The maximum absolute atomic E-state index is 12.8. The van der Waals surface area contributed by atoms with Crippen molar-refractivity contribution in [2.75, 3.05) is 24.5 Å². The van der Waals surface area contributed by atoms with E-state index in [0.29, 0.717) is 5.92 Å². The molecule has 26 heavy (non-hydrogen) atoms. The molecule has 4 rings (SSSR count). The highest BCUT2D eigenvalue weighted by Gasteiger charge is 2.31. The molecule has 1 aromatic heterocycles. The molecule has 0 aliphatic carbocycles.